The summed E-state index contributed by atoms with van der Waals surface area (Å²) in [6.45, 7) is 4.27. The average molecular weight is 266 g/mol. The molecule has 0 fully saturated rings. The summed E-state index contributed by atoms with van der Waals surface area (Å²) in [7, 11) is 0. The van der Waals surface area contributed by atoms with Crippen molar-refractivity contribution >= 4 is 17.7 Å². The SMILES string of the molecule is CC(C)(SCCc1ccc2c(c1)CCO2)C(=O)O. The highest BCUT2D eigenvalue weighted by atomic mass is 32.2. The summed E-state index contributed by atoms with van der Waals surface area (Å²) in [5.74, 6) is 1.06. The molecule has 3 nitrogen and oxygen atoms in total. The molecule has 1 aliphatic rings. The molecule has 0 aliphatic carbocycles. The van der Waals surface area contributed by atoms with Crippen LogP contribution in [0, 0.1) is 0 Å². The molecule has 0 unspecified atom stereocenters. The lowest BCUT2D eigenvalue weighted by molar-refractivity contribution is -0.138. The van der Waals surface area contributed by atoms with Gasteiger partial charge in [-0.1, -0.05) is 12.1 Å². The molecule has 1 N–H and O–H groups in total. The molecular weight excluding hydrogens is 248 g/mol. The second kappa shape index (κ2) is 5.22. The fourth-order valence-corrected chi connectivity index (χ4v) is 2.85. The van der Waals surface area contributed by atoms with Gasteiger partial charge >= 0.3 is 5.97 Å². The summed E-state index contributed by atoms with van der Waals surface area (Å²) in [6, 6.07) is 6.26. The maximum absolute atomic E-state index is 11.0. The van der Waals surface area contributed by atoms with Gasteiger partial charge in [0, 0.05) is 6.42 Å². The number of carboxylic acids is 1. The fraction of sp³-hybridized carbons (Fsp3) is 0.500. The van der Waals surface area contributed by atoms with Gasteiger partial charge in [-0.2, -0.15) is 0 Å². The van der Waals surface area contributed by atoms with Crippen LogP contribution in [0.15, 0.2) is 18.2 Å². The maximum atomic E-state index is 11.0. The van der Waals surface area contributed by atoms with Gasteiger partial charge in [0.25, 0.3) is 0 Å². The number of thioether (sulfide) groups is 1. The van der Waals surface area contributed by atoms with Crippen LogP contribution >= 0.6 is 11.8 Å². The van der Waals surface area contributed by atoms with Gasteiger partial charge in [-0.25, -0.2) is 0 Å². The molecule has 1 heterocycles. The third-order valence-corrected chi connectivity index (χ3v) is 4.43. The Morgan fingerprint density at radius 1 is 1.50 bits per heavy atom. The van der Waals surface area contributed by atoms with Gasteiger partial charge in [-0.3, -0.25) is 4.79 Å². The van der Waals surface area contributed by atoms with E-state index in [4.69, 9.17) is 9.84 Å². The number of aryl methyl sites for hydroxylation is 1. The predicted molar refractivity (Wildman–Crippen MR) is 73.5 cm³/mol. The molecule has 1 aromatic rings. The molecule has 98 valence electrons. The van der Waals surface area contributed by atoms with E-state index in [0.717, 1.165) is 31.0 Å². The van der Waals surface area contributed by atoms with Gasteiger partial charge in [-0.15, -0.1) is 11.8 Å². The van der Waals surface area contributed by atoms with Gasteiger partial charge in [0.15, 0.2) is 0 Å². The van der Waals surface area contributed by atoms with Crippen molar-refractivity contribution in [3.8, 4) is 5.75 Å². The molecule has 18 heavy (non-hydrogen) atoms. The minimum atomic E-state index is -0.755. The van der Waals surface area contributed by atoms with Crippen molar-refractivity contribution in [2.45, 2.75) is 31.4 Å². The minimum Gasteiger partial charge on any atom is -0.493 e. The Morgan fingerprint density at radius 3 is 3.00 bits per heavy atom. The normalized spacial score (nSPS) is 14.1. The molecule has 4 heteroatoms. The average Bonchev–Trinajstić information content (AvgIpc) is 2.75. The van der Waals surface area contributed by atoms with Crippen molar-refractivity contribution < 1.29 is 14.6 Å². The van der Waals surface area contributed by atoms with Crippen LogP contribution in [0.3, 0.4) is 0 Å². The zero-order valence-corrected chi connectivity index (χ0v) is 11.5. The third-order valence-electron chi connectivity index (χ3n) is 3.12. The molecular formula is C14H18O3S. The van der Waals surface area contributed by atoms with Gasteiger partial charge in [0.05, 0.1) is 6.61 Å². The number of hydrogen-bond acceptors (Lipinski definition) is 3. The Labute approximate surface area is 112 Å². The molecule has 0 atom stereocenters. The lowest BCUT2D eigenvalue weighted by atomic mass is 10.1. The first-order valence-electron chi connectivity index (χ1n) is 6.11. The molecule has 1 aliphatic heterocycles. The number of ether oxygens (including phenoxy) is 1. The first-order chi connectivity index (χ1) is 8.49. The fourth-order valence-electron chi connectivity index (χ4n) is 1.88. The van der Waals surface area contributed by atoms with Crippen LogP contribution in [-0.2, 0) is 17.6 Å². The van der Waals surface area contributed by atoms with Crippen molar-refractivity contribution in [2.75, 3.05) is 12.4 Å². The van der Waals surface area contributed by atoms with E-state index in [9.17, 15) is 4.79 Å². The number of fused-ring (bicyclic) bond motifs is 1. The molecule has 1 aromatic carbocycles. The predicted octanol–water partition coefficient (Wildman–Crippen LogP) is 2.76. The smallest absolute Gasteiger partial charge is 0.319 e. The van der Waals surface area contributed by atoms with Crippen molar-refractivity contribution in [2.24, 2.45) is 0 Å². The van der Waals surface area contributed by atoms with Gasteiger partial charge in [-0.05, 0) is 43.2 Å². The number of aliphatic carboxylic acids is 1. The molecule has 0 spiro atoms. The van der Waals surface area contributed by atoms with Crippen LogP contribution in [0.2, 0.25) is 0 Å². The summed E-state index contributed by atoms with van der Waals surface area (Å²) >= 11 is 1.48. The van der Waals surface area contributed by atoms with Gasteiger partial charge < -0.3 is 9.84 Å². The number of benzene rings is 1. The molecule has 0 bridgehead atoms. The number of carboxylic acid groups (broad SMARTS) is 1. The van der Waals surface area contributed by atoms with Crippen molar-refractivity contribution in [3.63, 3.8) is 0 Å². The number of carbonyl (C=O) groups is 1. The van der Waals surface area contributed by atoms with E-state index < -0.39 is 10.7 Å². The van der Waals surface area contributed by atoms with Gasteiger partial charge in [0.1, 0.15) is 10.5 Å². The largest absolute Gasteiger partial charge is 0.493 e. The first kappa shape index (κ1) is 13.3. The van der Waals surface area contributed by atoms with Crippen molar-refractivity contribution in [1.29, 1.82) is 0 Å². The van der Waals surface area contributed by atoms with E-state index in [-0.39, 0.29) is 0 Å². The Morgan fingerprint density at radius 2 is 2.28 bits per heavy atom. The highest BCUT2D eigenvalue weighted by Gasteiger charge is 2.27. The molecule has 0 radical (unpaired) electrons. The quantitative estimate of drug-likeness (QED) is 0.890. The Hall–Kier alpha value is -1.16. The maximum Gasteiger partial charge on any atom is 0.319 e. The number of hydrogen-bond donors (Lipinski definition) is 1. The summed E-state index contributed by atoms with van der Waals surface area (Å²) in [6.07, 6.45) is 1.88. The highest BCUT2D eigenvalue weighted by molar-refractivity contribution is 8.01. The van der Waals surface area contributed by atoms with Crippen LogP contribution in [0.25, 0.3) is 0 Å². The molecule has 0 saturated carbocycles. The van der Waals surface area contributed by atoms with Crippen LogP contribution in [0.5, 0.6) is 5.75 Å². The van der Waals surface area contributed by atoms with Crippen LogP contribution in [-0.4, -0.2) is 28.2 Å². The lowest BCUT2D eigenvalue weighted by Crippen LogP contribution is -2.27. The standard InChI is InChI=1S/C14H18O3S/c1-14(2,13(15)16)18-8-6-10-3-4-12-11(9-10)5-7-17-12/h3-4,9H,5-8H2,1-2H3,(H,15,16). The van der Waals surface area contributed by atoms with E-state index >= 15 is 0 Å². The van der Waals surface area contributed by atoms with Crippen molar-refractivity contribution in [3.05, 3.63) is 29.3 Å². The zero-order chi connectivity index (χ0) is 13.2. The van der Waals surface area contributed by atoms with Crippen LogP contribution < -0.4 is 4.74 Å². The minimum absolute atomic E-state index is 0.708. The molecule has 0 aromatic heterocycles. The molecule has 0 saturated heterocycles. The Kier molecular flexibility index (Phi) is 3.85. The van der Waals surface area contributed by atoms with Gasteiger partial charge in [0.2, 0.25) is 0 Å². The highest BCUT2D eigenvalue weighted by Crippen LogP contribution is 2.28. The van der Waals surface area contributed by atoms with E-state index in [0.29, 0.717) is 0 Å². The summed E-state index contributed by atoms with van der Waals surface area (Å²) in [5.41, 5.74) is 2.53. The topological polar surface area (TPSA) is 46.5 Å². The summed E-state index contributed by atoms with van der Waals surface area (Å²) in [4.78, 5) is 11.0. The summed E-state index contributed by atoms with van der Waals surface area (Å²) < 4.78 is 4.75. The van der Waals surface area contributed by atoms with Crippen LogP contribution in [0.1, 0.15) is 25.0 Å². The van der Waals surface area contributed by atoms with E-state index in [1.54, 1.807) is 13.8 Å². The molecule has 0 amide bonds. The Bertz CT molecular complexity index is 454. The van der Waals surface area contributed by atoms with E-state index in [1.807, 2.05) is 6.07 Å². The summed E-state index contributed by atoms with van der Waals surface area (Å²) in [5, 5.41) is 9.03. The second-order valence-electron chi connectivity index (χ2n) is 4.95. The monoisotopic (exact) mass is 266 g/mol. The Balaban J connectivity index is 1.89. The first-order valence-corrected chi connectivity index (χ1v) is 7.09. The van der Waals surface area contributed by atoms with E-state index in [2.05, 4.69) is 12.1 Å². The van der Waals surface area contributed by atoms with E-state index in [1.165, 1.54) is 22.9 Å². The molecule has 2 rings (SSSR count). The van der Waals surface area contributed by atoms with Crippen LogP contribution in [0.4, 0.5) is 0 Å². The lowest BCUT2D eigenvalue weighted by Gasteiger charge is -2.18. The number of rotatable bonds is 5. The van der Waals surface area contributed by atoms with Crippen molar-refractivity contribution in [1.82, 2.24) is 0 Å². The zero-order valence-electron chi connectivity index (χ0n) is 10.7. The third kappa shape index (κ3) is 2.99. The second-order valence-corrected chi connectivity index (χ2v) is 6.67.